The molecule has 0 saturated carbocycles. The summed E-state index contributed by atoms with van der Waals surface area (Å²) >= 11 is 3.70. The Bertz CT molecular complexity index is 421. The normalized spacial score (nSPS) is 29.2. The van der Waals surface area contributed by atoms with E-state index in [1.54, 1.807) is 7.05 Å². The Morgan fingerprint density at radius 1 is 1.21 bits per heavy atom. The van der Waals surface area contributed by atoms with Crippen LogP contribution in [0.25, 0.3) is 0 Å². The van der Waals surface area contributed by atoms with Crippen molar-refractivity contribution in [2.75, 3.05) is 12.8 Å². The Morgan fingerprint density at radius 3 is 2.37 bits per heavy atom. The highest BCUT2D eigenvalue weighted by Gasteiger charge is 2.33. The highest BCUT2D eigenvalue weighted by Crippen LogP contribution is 2.41. The Morgan fingerprint density at radius 2 is 1.84 bits per heavy atom. The first-order valence-corrected chi connectivity index (χ1v) is 8.42. The molecule has 1 saturated heterocycles. The number of rotatable bonds is 3. The van der Waals surface area contributed by atoms with E-state index in [1.807, 2.05) is 23.5 Å². The third-order valence-electron chi connectivity index (χ3n) is 3.57. The summed E-state index contributed by atoms with van der Waals surface area (Å²) in [7, 11) is 1.77. The van der Waals surface area contributed by atoms with Crippen molar-refractivity contribution < 1.29 is 8.78 Å². The molecule has 4 atom stereocenters. The Labute approximate surface area is 121 Å². The minimum absolute atomic E-state index is 0.171. The van der Waals surface area contributed by atoms with Gasteiger partial charge in [0.05, 0.1) is 6.04 Å². The van der Waals surface area contributed by atoms with E-state index in [9.17, 15) is 8.78 Å². The monoisotopic (exact) mass is 303 g/mol. The van der Waals surface area contributed by atoms with Crippen LogP contribution in [0.2, 0.25) is 0 Å². The number of benzene rings is 1. The van der Waals surface area contributed by atoms with Crippen LogP contribution in [0.15, 0.2) is 18.2 Å². The van der Waals surface area contributed by atoms with Gasteiger partial charge in [0.1, 0.15) is 11.6 Å². The first-order valence-electron chi connectivity index (χ1n) is 6.42. The molecule has 0 radical (unpaired) electrons. The Kier molecular flexibility index (Phi) is 5.15. The van der Waals surface area contributed by atoms with E-state index in [1.165, 1.54) is 18.2 Å². The second kappa shape index (κ2) is 6.46. The van der Waals surface area contributed by atoms with Crippen LogP contribution in [0.4, 0.5) is 8.78 Å². The van der Waals surface area contributed by atoms with Crippen molar-refractivity contribution in [3.63, 3.8) is 0 Å². The summed E-state index contributed by atoms with van der Waals surface area (Å²) in [4.78, 5) is 0. The van der Waals surface area contributed by atoms with Crippen molar-refractivity contribution in [3.8, 4) is 0 Å². The van der Waals surface area contributed by atoms with Gasteiger partial charge in [-0.3, -0.25) is 0 Å². The van der Waals surface area contributed by atoms with Gasteiger partial charge in [-0.25, -0.2) is 8.78 Å². The molecule has 19 heavy (non-hydrogen) atoms. The lowest BCUT2D eigenvalue weighted by Crippen LogP contribution is -2.36. The van der Waals surface area contributed by atoms with Crippen molar-refractivity contribution in [3.05, 3.63) is 35.4 Å². The predicted octanol–water partition coefficient (Wildman–Crippen LogP) is 3.85. The smallest absolute Gasteiger partial charge is 0.130 e. The van der Waals surface area contributed by atoms with Crippen LogP contribution in [0.3, 0.4) is 0 Å². The molecule has 1 fully saturated rings. The number of thioether (sulfide) groups is 2. The average molecular weight is 303 g/mol. The number of hydrogen-bond donors (Lipinski definition) is 1. The van der Waals surface area contributed by atoms with Gasteiger partial charge in [-0.1, -0.05) is 19.9 Å². The van der Waals surface area contributed by atoms with Gasteiger partial charge in [0, 0.05) is 27.1 Å². The molecule has 0 aliphatic carbocycles. The zero-order valence-corrected chi connectivity index (χ0v) is 13.0. The van der Waals surface area contributed by atoms with Crippen LogP contribution in [0, 0.1) is 11.6 Å². The van der Waals surface area contributed by atoms with Crippen LogP contribution in [0.1, 0.15) is 25.5 Å². The molecule has 0 spiro atoms. The van der Waals surface area contributed by atoms with Gasteiger partial charge >= 0.3 is 0 Å². The van der Waals surface area contributed by atoms with Crippen molar-refractivity contribution in [1.29, 1.82) is 0 Å². The summed E-state index contributed by atoms with van der Waals surface area (Å²) in [5, 5.41) is 4.36. The van der Waals surface area contributed by atoms with Crippen molar-refractivity contribution in [1.82, 2.24) is 5.32 Å². The largest absolute Gasteiger partial charge is 0.312 e. The molecular weight excluding hydrogens is 284 g/mol. The van der Waals surface area contributed by atoms with Gasteiger partial charge in [-0.2, -0.15) is 23.5 Å². The van der Waals surface area contributed by atoms with Crippen LogP contribution < -0.4 is 5.32 Å². The summed E-state index contributed by atoms with van der Waals surface area (Å²) < 4.78 is 27.8. The van der Waals surface area contributed by atoms with Gasteiger partial charge in [0.25, 0.3) is 0 Å². The topological polar surface area (TPSA) is 12.0 Å². The van der Waals surface area contributed by atoms with E-state index in [-0.39, 0.29) is 16.9 Å². The lowest BCUT2D eigenvalue weighted by Gasteiger charge is -2.36. The van der Waals surface area contributed by atoms with E-state index in [4.69, 9.17) is 0 Å². The van der Waals surface area contributed by atoms with E-state index in [2.05, 4.69) is 19.2 Å². The van der Waals surface area contributed by atoms with Crippen LogP contribution in [-0.4, -0.2) is 28.6 Å². The molecule has 4 unspecified atom stereocenters. The molecule has 1 aromatic carbocycles. The average Bonchev–Trinajstić information content (AvgIpc) is 2.37. The standard InChI is InChI=1S/C14H19F2NS2/c1-8-9(2)19-12(7-18-8)14(17-3)13-10(15)5-4-6-11(13)16/h4-6,8-9,12,14,17H,7H2,1-3H3. The highest BCUT2D eigenvalue weighted by molar-refractivity contribution is 8.07. The van der Waals surface area contributed by atoms with Crippen LogP contribution >= 0.6 is 23.5 Å². The van der Waals surface area contributed by atoms with Crippen molar-refractivity contribution in [2.24, 2.45) is 0 Å². The second-order valence-electron chi connectivity index (χ2n) is 4.82. The Balaban J connectivity index is 2.25. The fourth-order valence-electron chi connectivity index (χ4n) is 2.31. The number of halogens is 2. The van der Waals surface area contributed by atoms with Crippen LogP contribution in [0.5, 0.6) is 0 Å². The summed E-state index contributed by atoms with van der Waals surface area (Å²) in [6.45, 7) is 4.38. The molecule has 1 nitrogen and oxygen atoms in total. The highest BCUT2D eigenvalue weighted by atomic mass is 32.2. The van der Waals surface area contributed by atoms with Gasteiger partial charge in [-0.15, -0.1) is 0 Å². The number of hydrogen-bond acceptors (Lipinski definition) is 3. The lowest BCUT2D eigenvalue weighted by molar-refractivity contribution is 0.489. The van der Waals surface area contributed by atoms with Crippen molar-refractivity contribution in [2.45, 2.75) is 35.6 Å². The van der Waals surface area contributed by atoms with Gasteiger partial charge < -0.3 is 5.32 Å². The summed E-state index contributed by atoms with van der Waals surface area (Å²) in [6.07, 6.45) is 0. The van der Waals surface area contributed by atoms with Gasteiger partial charge in [0.15, 0.2) is 0 Å². The molecule has 1 aliphatic rings. The molecule has 1 aliphatic heterocycles. The van der Waals surface area contributed by atoms with E-state index < -0.39 is 11.6 Å². The third-order valence-corrected chi connectivity index (χ3v) is 7.06. The zero-order valence-electron chi connectivity index (χ0n) is 11.3. The van der Waals surface area contributed by atoms with E-state index in [0.717, 1.165) is 5.75 Å². The maximum absolute atomic E-state index is 13.9. The minimum Gasteiger partial charge on any atom is -0.312 e. The predicted molar refractivity (Wildman–Crippen MR) is 80.9 cm³/mol. The molecule has 5 heteroatoms. The lowest BCUT2D eigenvalue weighted by atomic mass is 10.0. The SMILES string of the molecule is CNC(c1c(F)cccc1F)C1CSC(C)C(C)S1. The van der Waals surface area contributed by atoms with Gasteiger partial charge in [-0.05, 0) is 19.2 Å². The molecule has 1 heterocycles. The molecule has 106 valence electrons. The molecule has 0 bridgehead atoms. The molecule has 0 aromatic heterocycles. The minimum atomic E-state index is -0.462. The quantitative estimate of drug-likeness (QED) is 0.911. The summed E-state index contributed by atoms with van der Waals surface area (Å²) in [6, 6.07) is 3.79. The molecular formula is C14H19F2NS2. The maximum atomic E-state index is 13.9. The van der Waals surface area contributed by atoms with E-state index in [0.29, 0.717) is 10.5 Å². The molecule has 2 rings (SSSR count). The fraction of sp³-hybridized carbons (Fsp3) is 0.571. The Hall–Kier alpha value is -0.260. The van der Waals surface area contributed by atoms with E-state index >= 15 is 0 Å². The molecule has 1 N–H and O–H groups in total. The summed E-state index contributed by atoms with van der Waals surface area (Å²) in [5.74, 6) is -0.0115. The summed E-state index contributed by atoms with van der Waals surface area (Å²) in [5.41, 5.74) is 0.171. The zero-order chi connectivity index (χ0) is 14.0. The van der Waals surface area contributed by atoms with Crippen LogP contribution in [-0.2, 0) is 0 Å². The first kappa shape index (κ1) is 15.1. The van der Waals surface area contributed by atoms with Gasteiger partial charge in [0.2, 0.25) is 0 Å². The van der Waals surface area contributed by atoms with Crippen molar-refractivity contribution >= 4 is 23.5 Å². The first-order chi connectivity index (χ1) is 9.04. The molecule has 1 aromatic rings. The second-order valence-corrected chi connectivity index (χ2v) is 7.85. The fourth-order valence-corrected chi connectivity index (χ4v) is 5.44. The third kappa shape index (κ3) is 3.26. The maximum Gasteiger partial charge on any atom is 0.130 e. The molecule has 0 amide bonds. The number of nitrogens with one attached hydrogen (secondary N) is 1.